The first kappa shape index (κ1) is 14.2. The second-order valence-corrected chi connectivity index (χ2v) is 5.29. The highest BCUT2D eigenvalue weighted by atomic mass is 35.5. The molecule has 0 aliphatic carbocycles. The predicted molar refractivity (Wildman–Crippen MR) is 73.7 cm³/mol. The zero-order valence-electron chi connectivity index (χ0n) is 10.7. The van der Waals surface area contributed by atoms with Crippen molar-refractivity contribution in [2.45, 2.75) is 12.8 Å². The van der Waals surface area contributed by atoms with Gasteiger partial charge in [-0.1, -0.05) is 23.7 Å². The average Bonchev–Trinajstić information content (AvgIpc) is 2.37. The lowest BCUT2D eigenvalue weighted by molar-refractivity contribution is -0.138. The Labute approximate surface area is 117 Å². The van der Waals surface area contributed by atoms with Crippen LogP contribution in [0.5, 0.6) is 5.75 Å². The van der Waals surface area contributed by atoms with E-state index < -0.39 is 5.97 Å². The first-order valence-corrected chi connectivity index (χ1v) is 6.84. The topological polar surface area (TPSA) is 49.8 Å². The van der Waals surface area contributed by atoms with Crippen LogP contribution in [0.3, 0.4) is 0 Å². The SMILES string of the molecule is O=C(O)CN1CCCC(COc2ccccc2Cl)C1. The Morgan fingerprint density at radius 3 is 3.00 bits per heavy atom. The van der Waals surface area contributed by atoms with Crippen LogP contribution in [0.25, 0.3) is 0 Å². The van der Waals surface area contributed by atoms with Crippen molar-refractivity contribution >= 4 is 17.6 Å². The highest BCUT2D eigenvalue weighted by Crippen LogP contribution is 2.25. The molecule has 0 aromatic heterocycles. The molecule has 1 heterocycles. The quantitative estimate of drug-likeness (QED) is 0.902. The summed E-state index contributed by atoms with van der Waals surface area (Å²) < 4.78 is 5.72. The van der Waals surface area contributed by atoms with Gasteiger partial charge in [0, 0.05) is 12.5 Å². The fraction of sp³-hybridized carbons (Fsp3) is 0.500. The Bertz CT molecular complexity index is 438. The van der Waals surface area contributed by atoms with E-state index in [1.807, 2.05) is 23.1 Å². The molecule has 104 valence electrons. The molecule has 0 amide bonds. The van der Waals surface area contributed by atoms with E-state index in [1.54, 1.807) is 6.07 Å². The lowest BCUT2D eigenvalue weighted by atomic mass is 9.99. The molecular formula is C14H18ClNO3. The standard InChI is InChI=1S/C14H18ClNO3/c15-12-5-1-2-6-13(12)19-10-11-4-3-7-16(8-11)9-14(17)18/h1-2,5-6,11H,3-4,7-10H2,(H,17,18). The number of hydrogen-bond acceptors (Lipinski definition) is 3. The van der Waals surface area contributed by atoms with Crippen LogP contribution in [-0.2, 0) is 4.79 Å². The molecule has 1 aromatic rings. The first-order valence-electron chi connectivity index (χ1n) is 6.46. The van der Waals surface area contributed by atoms with Gasteiger partial charge in [0.1, 0.15) is 5.75 Å². The Kier molecular flexibility index (Phi) is 5.05. The molecule has 1 aliphatic rings. The van der Waals surface area contributed by atoms with Crippen LogP contribution in [0.15, 0.2) is 24.3 Å². The molecule has 2 rings (SSSR count). The summed E-state index contributed by atoms with van der Waals surface area (Å²) in [5.74, 6) is 0.288. The van der Waals surface area contributed by atoms with Gasteiger partial charge in [-0.25, -0.2) is 0 Å². The van der Waals surface area contributed by atoms with Gasteiger partial charge < -0.3 is 9.84 Å². The molecule has 1 aliphatic heterocycles. The molecule has 5 heteroatoms. The third-order valence-electron chi connectivity index (χ3n) is 3.27. The van der Waals surface area contributed by atoms with Crippen molar-refractivity contribution in [2.24, 2.45) is 5.92 Å². The van der Waals surface area contributed by atoms with Crippen LogP contribution in [0.2, 0.25) is 5.02 Å². The molecule has 4 nitrogen and oxygen atoms in total. The summed E-state index contributed by atoms with van der Waals surface area (Å²) in [6.07, 6.45) is 2.09. The fourth-order valence-corrected chi connectivity index (χ4v) is 2.58. The zero-order chi connectivity index (χ0) is 13.7. The van der Waals surface area contributed by atoms with E-state index in [0.29, 0.717) is 23.3 Å². The highest BCUT2D eigenvalue weighted by Gasteiger charge is 2.22. The van der Waals surface area contributed by atoms with Crippen LogP contribution in [0.4, 0.5) is 0 Å². The number of piperidine rings is 1. The van der Waals surface area contributed by atoms with Crippen molar-refractivity contribution in [3.05, 3.63) is 29.3 Å². The minimum atomic E-state index is -0.771. The first-order chi connectivity index (χ1) is 9.15. The summed E-state index contributed by atoms with van der Waals surface area (Å²) >= 11 is 6.03. The predicted octanol–water partition coefficient (Wildman–Crippen LogP) is 2.52. The molecule has 1 unspecified atom stereocenters. The van der Waals surface area contributed by atoms with Gasteiger partial charge in [0.15, 0.2) is 0 Å². The number of ether oxygens (including phenoxy) is 1. The molecule has 1 N–H and O–H groups in total. The number of carboxylic acid groups (broad SMARTS) is 1. The lowest BCUT2D eigenvalue weighted by Gasteiger charge is -2.31. The Balaban J connectivity index is 1.82. The number of hydrogen-bond donors (Lipinski definition) is 1. The highest BCUT2D eigenvalue weighted by molar-refractivity contribution is 6.32. The van der Waals surface area contributed by atoms with Crippen LogP contribution in [-0.4, -0.2) is 42.2 Å². The molecule has 19 heavy (non-hydrogen) atoms. The molecular weight excluding hydrogens is 266 g/mol. The minimum absolute atomic E-state index is 0.114. The van der Waals surface area contributed by atoms with Crippen molar-refractivity contribution in [1.82, 2.24) is 4.90 Å². The molecule has 1 fully saturated rings. The lowest BCUT2D eigenvalue weighted by Crippen LogP contribution is -2.40. The van der Waals surface area contributed by atoms with Gasteiger partial charge in [-0.05, 0) is 31.5 Å². The van der Waals surface area contributed by atoms with E-state index in [1.165, 1.54) is 0 Å². The van der Waals surface area contributed by atoms with E-state index >= 15 is 0 Å². The third kappa shape index (κ3) is 4.40. The van der Waals surface area contributed by atoms with Gasteiger partial charge in [-0.2, -0.15) is 0 Å². The van der Waals surface area contributed by atoms with Gasteiger partial charge in [-0.15, -0.1) is 0 Å². The number of likely N-dealkylation sites (tertiary alicyclic amines) is 1. The second kappa shape index (κ2) is 6.78. The number of carbonyl (C=O) groups is 1. The van der Waals surface area contributed by atoms with Crippen molar-refractivity contribution in [2.75, 3.05) is 26.2 Å². The van der Waals surface area contributed by atoms with Crippen LogP contribution in [0.1, 0.15) is 12.8 Å². The zero-order valence-corrected chi connectivity index (χ0v) is 11.5. The minimum Gasteiger partial charge on any atom is -0.492 e. The molecule has 1 saturated heterocycles. The van der Waals surface area contributed by atoms with Gasteiger partial charge in [0.25, 0.3) is 0 Å². The summed E-state index contributed by atoms with van der Waals surface area (Å²) in [6, 6.07) is 7.40. The number of aliphatic carboxylic acids is 1. The smallest absolute Gasteiger partial charge is 0.317 e. The van der Waals surface area contributed by atoms with Crippen molar-refractivity contribution in [3.63, 3.8) is 0 Å². The number of para-hydroxylation sites is 1. The van der Waals surface area contributed by atoms with Crippen LogP contribution < -0.4 is 4.74 Å². The Morgan fingerprint density at radius 2 is 2.26 bits per heavy atom. The maximum absolute atomic E-state index is 10.7. The fourth-order valence-electron chi connectivity index (χ4n) is 2.39. The van der Waals surface area contributed by atoms with Gasteiger partial charge in [0.05, 0.1) is 18.2 Å². The summed E-state index contributed by atoms with van der Waals surface area (Å²) in [7, 11) is 0. The second-order valence-electron chi connectivity index (χ2n) is 4.88. The molecule has 1 aromatic carbocycles. The number of halogens is 1. The van der Waals surface area contributed by atoms with Gasteiger partial charge in [0.2, 0.25) is 0 Å². The van der Waals surface area contributed by atoms with E-state index in [0.717, 1.165) is 25.9 Å². The summed E-state index contributed by atoms with van der Waals surface area (Å²) in [5, 5.41) is 9.42. The number of carboxylic acids is 1. The van der Waals surface area contributed by atoms with Crippen molar-refractivity contribution in [1.29, 1.82) is 0 Å². The third-order valence-corrected chi connectivity index (χ3v) is 3.59. The van der Waals surface area contributed by atoms with Crippen molar-refractivity contribution < 1.29 is 14.6 Å². The van der Waals surface area contributed by atoms with Gasteiger partial charge >= 0.3 is 5.97 Å². The maximum atomic E-state index is 10.7. The molecule has 1 atom stereocenters. The normalized spacial score (nSPS) is 20.2. The van der Waals surface area contributed by atoms with Crippen LogP contribution in [0, 0.1) is 5.92 Å². The van der Waals surface area contributed by atoms with E-state index in [-0.39, 0.29) is 6.54 Å². The van der Waals surface area contributed by atoms with E-state index in [4.69, 9.17) is 21.4 Å². The van der Waals surface area contributed by atoms with Crippen molar-refractivity contribution in [3.8, 4) is 5.75 Å². The monoisotopic (exact) mass is 283 g/mol. The number of benzene rings is 1. The summed E-state index contributed by atoms with van der Waals surface area (Å²) in [4.78, 5) is 12.7. The summed E-state index contributed by atoms with van der Waals surface area (Å²) in [6.45, 7) is 2.33. The number of rotatable bonds is 5. The van der Waals surface area contributed by atoms with Gasteiger partial charge in [-0.3, -0.25) is 9.69 Å². The van der Waals surface area contributed by atoms with E-state index in [9.17, 15) is 4.79 Å². The largest absolute Gasteiger partial charge is 0.492 e. The molecule has 0 bridgehead atoms. The molecule has 0 saturated carbocycles. The molecule has 0 spiro atoms. The van der Waals surface area contributed by atoms with Crippen LogP contribution >= 0.6 is 11.6 Å². The average molecular weight is 284 g/mol. The Hall–Kier alpha value is -1.26. The van der Waals surface area contributed by atoms with E-state index in [2.05, 4.69) is 0 Å². The maximum Gasteiger partial charge on any atom is 0.317 e. The Morgan fingerprint density at radius 1 is 1.47 bits per heavy atom. The molecule has 0 radical (unpaired) electrons. The number of nitrogens with zero attached hydrogens (tertiary/aromatic N) is 1. The summed E-state index contributed by atoms with van der Waals surface area (Å²) in [5.41, 5.74) is 0.